The molecule has 2 aromatic carbocycles. The standard InChI is InChI=1S/C21H22N2O2/c1-2-16-8-6-11-18(14-16)22-21(25)23-13-7-12-19(23)15-20(24)17-9-4-3-5-10-17/h1,3-6,8-11,14,19-20,24H,7,12-13,15H2,(H,22,25). The van der Waals surface area contributed by atoms with Crippen LogP contribution in [0.15, 0.2) is 54.6 Å². The van der Waals surface area contributed by atoms with Crippen molar-refractivity contribution in [2.24, 2.45) is 0 Å². The van der Waals surface area contributed by atoms with Gasteiger partial charge in [0.1, 0.15) is 0 Å². The average Bonchev–Trinajstić information content (AvgIpc) is 3.11. The molecule has 1 aliphatic rings. The van der Waals surface area contributed by atoms with Gasteiger partial charge < -0.3 is 15.3 Å². The van der Waals surface area contributed by atoms with Gasteiger partial charge in [-0.15, -0.1) is 6.42 Å². The summed E-state index contributed by atoms with van der Waals surface area (Å²) < 4.78 is 0. The Bertz CT molecular complexity index is 767. The lowest BCUT2D eigenvalue weighted by Crippen LogP contribution is -2.39. The first kappa shape index (κ1) is 17.1. The highest BCUT2D eigenvalue weighted by Gasteiger charge is 2.30. The predicted molar refractivity (Wildman–Crippen MR) is 99.1 cm³/mol. The summed E-state index contributed by atoms with van der Waals surface area (Å²) in [5.41, 5.74) is 2.31. The Hall–Kier alpha value is -2.77. The summed E-state index contributed by atoms with van der Waals surface area (Å²) in [7, 11) is 0. The topological polar surface area (TPSA) is 52.6 Å². The van der Waals surface area contributed by atoms with E-state index in [-0.39, 0.29) is 12.1 Å². The lowest BCUT2D eigenvalue weighted by atomic mass is 10.0. The minimum absolute atomic E-state index is 0.0334. The van der Waals surface area contributed by atoms with Gasteiger partial charge in [-0.05, 0) is 43.0 Å². The van der Waals surface area contributed by atoms with Gasteiger partial charge in [0.25, 0.3) is 0 Å². The number of terminal acetylenes is 1. The molecule has 1 heterocycles. The molecular weight excluding hydrogens is 312 g/mol. The molecule has 0 aliphatic carbocycles. The molecule has 25 heavy (non-hydrogen) atoms. The van der Waals surface area contributed by atoms with E-state index in [1.807, 2.05) is 53.4 Å². The van der Waals surface area contributed by atoms with Gasteiger partial charge in [-0.1, -0.05) is 42.3 Å². The number of carbonyl (C=O) groups is 1. The fourth-order valence-electron chi connectivity index (χ4n) is 3.30. The number of nitrogens with zero attached hydrogens (tertiary/aromatic N) is 1. The summed E-state index contributed by atoms with van der Waals surface area (Å²) in [5.74, 6) is 2.57. The molecular formula is C21H22N2O2. The lowest BCUT2D eigenvalue weighted by Gasteiger charge is -2.27. The Kier molecular flexibility index (Phi) is 5.37. The third-order valence-corrected chi connectivity index (χ3v) is 4.60. The Balaban J connectivity index is 1.64. The highest BCUT2D eigenvalue weighted by atomic mass is 16.3. The van der Waals surface area contributed by atoms with Gasteiger partial charge in [0.05, 0.1) is 6.10 Å². The predicted octanol–water partition coefficient (Wildman–Crippen LogP) is 3.79. The highest BCUT2D eigenvalue weighted by Crippen LogP contribution is 2.28. The molecule has 1 fully saturated rings. The molecule has 0 bridgehead atoms. The van der Waals surface area contributed by atoms with Crippen LogP contribution in [-0.4, -0.2) is 28.6 Å². The monoisotopic (exact) mass is 334 g/mol. The van der Waals surface area contributed by atoms with Crippen molar-refractivity contribution in [1.82, 2.24) is 4.90 Å². The van der Waals surface area contributed by atoms with E-state index in [1.54, 1.807) is 6.07 Å². The first-order chi connectivity index (χ1) is 12.2. The maximum Gasteiger partial charge on any atom is 0.322 e. The molecule has 4 heteroatoms. The SMILES string of the molecule is C#Cc1cccc(NC(=O)N2CCCC2CC(O)c2ccccc2)c1. The first-order valence-electron chi connectivity index (χ1n) is 8.54. The Morgan fingerprint density at radius 1 is 1.28 bits per heavy atom. The molecule has 2 aromatic rings. The Morgan fingerprint density at radius 3 is 2.84 bits per heavy atom. The maximum absolute atomic E-state index is 12.6. The number of rotatable bonds is 4. The number of likely N-dealkylation sites (tertiary alicyclic amines) is 1. The second kappa shape index (κ2) is 7.87. The van der Waals surface area contributed by atoms with Crippen LogP contribution in [0.4, 0.5) is 10.5 Å². The number of nitrogens with one attached hydrogen (secondary N) is 1. The number of aliphatic hydroxyl groups excluding tert-OH is 1. The molecule has 3 rings (SSSR count). The van der Waals surface area contributed by atoms with Gasteiger partial charge >= 0.3 is 6.03 Å². The van der Waals surface area contributed by atoms with E-state index in [0.29, 0.717) is 18.7 Å². The Morgan fingerprint density at radius 2 is 2.08 bits per heavy atom. The van der Waals surface area contributed by atoms with Crippen molar-refractivity contribution >= 4 is 11.7 Å². The molecule has 1 aliphatic heterocycles. The maximum atomic E-state index is 12.6. The molecule has 0 radical (unpaired) electrons. The zero-order valence-electron chi connectivity index (χ0n) is 14.1. The van der Waals surface area contributed by atoms with Crippen LogP contribution >= 0.6 is 0 Å². The summed E-state index contributed by atoms with van der Waals surface area (Å²) in [6, 6.07) is 16.7. The van der Waals surface area contributed by atoms with Gasteiger partial charge in [0, 0.05) is 23.8 Å². The van der Waals surface area contributed by atoms with Crippen molar-refractivity contribution < 1.29 is 9.90 Å². The van der Waals surface area contributed by atoms with Crippen molar-refractivity contribution in [2.45, 2.75) is 31.4 Å². The zero-order valence-corrected chi connectivity index (χ0v) is 14.1. The number of hydrogen-bond donors (Lipinski definition) is 2. The van der Waals surface area contributed by atoms with Gasteiger partial charge in [0.15, 0.2) is 0 Å². The third kappa shape index (κ3) is 4.20. The van der Waals surface area contributed by atoms with Crippen LogP contribution in [-0.2, 0) is 0 Å². The van der Waals surface area contributed by atoms with Gasteiger partial charge in [-0.25, -0.2) is 4.79 Å². The zero-order chi connectivity index (χ0) is 17.6. The van der Waals surface area contributed by atoms with E-state index in [4.69, 9.17) is 6.42 Å². The number of urea groups is 1. The number of amides is 2. The van der Waals surface area contributed by atoms with E-state index in [2.05, 4.69) is 11.2 Å². The normalized spacial score (nSPS) is 17.8. The second-order valence-electron chi connectivity index (χ2n) is 6.31. The lowest BCUT2D eigenvalue weighted by molar-refractivity contribution is 0.130. The molecule has 0 saturated carbocycles. The molecule has 2 amide bonds. The fraction of sp³-hybridized carbons (Fsp3) is 0.286. The molecule has 2 N–H and O–H groups in total. The quantitative estimate of drug-likeness (QED) is 0.836. The van der Waals surface area contributed by atoms with E-state index in [0.717, 1.165) is 24.0 Å². The number of carbonyl (C=O) groups excluding carboxylic acids is 1. The average molecular weight is 334 g/mol. The molecule has 0 aromatic heterocycles. The molecule has 2 atom stereocenters. The number of anilines is 1. The number of hydrogen-bond acceptors (Lipinski definition) is 2. The number of aliphatic hydroxyl groups is 1. The van der Waals surface area contributed by atoms with Gasteiger partial charge in [-0.3, -0.25) is 0 Å². The van der Waals surface area contributed by atoms with Gasteiger partial charge in [-0.2, -0.15) is 0 Å². The van der Waals surface area contributed by atoms with Crippen molar-refractivity contribution in [3.8, 4) is 12.3 Å². The molecule has 0 spiro atoms. The fourth-order valence-corrected chi connectivity index (χ4v) is 3.30. The molecule has 1 saturated heterocycles. The second-order valence-corrected chi connectivity index (χ2v) is 6.31. The van der Waals surface area contributed by atoms with E-state index < -0.39 is 6.10 Å². The van der Waals surface area contributed by atoms with Crippen LogP contribution in [0.25, 0.3) is 0 Å². The van der Waals surface area contributed by atoms with Crippen LogP contribution < -0.4 is 5.32 Å². The first-order valence-corrected chi connectivity index (χ1v) is 8.54. The summed E-state index contributed by atoms with van der Waals surface area (Å²) in [5, 5.41) is 13.4. The summed E-state index contributed by atoms with van der Waals surface area (Å²) >= 11 is 0. The van der Waals surface area contributed by atoms with Gasteiger partial charge in [0.2, 0.25) is 0 Å². The van der Waals surface area contributed by atoms with Crippen LogP contribution in [0.1, 0.15) is 36.5 Å². The van der Waals surface area contributed by atoms with E-state index >= 15 is 0 Å². The van der Waals surface area contributed by atoms with Crippen LogP contribution in [0, 0.1) is 12.3 Å². The van der Waals surface area contributed by atoms with E-state index in [9.17, 15) is 9.90 Å². The molecule has 128 valence electrons. The van der Waals surface area contributed by atoms with Crippen LogP contribution in [0.3, 0.4) is 0 Å². The molecule has 4 nitrogen and oxygen atoms in total. The van der Waals surface area contributed by atoms with Crippen molar-refractivity contribution in [3.05, 3.63) is 65.7 Å². The Labute approximate surface area is 148 Å². The summed E-state index contributed by atoms with van der Waals surface area (Å²) in [6.07, 6.45) is 7.23. The number of benzene rings is 2. The molecule has 2 unspecified atom stereocenters. The summed E-state index contributed by atoms with van der Waals surface area (Å²) in [4.78, 5) is 14.4. The largest absolute Gasteiger partial charge is 0.388 e. The highest BCUT2D eigenvalue weighted by molar-refractivity contribution is 5.89. The van der Waals surface area contributed by atoms with Crippen molar-refractivity contribution in [2.75, 3.05) is 11.9 Å². The van der Waals surface area contributed by atoms with Crippen LogP contribution in [0.2, 0.25) is 0 Å². The van der Waals surface area contributed by atoms with Crippen LogP contribution in [0.5, 0.6) is 0 Å². The van der Waals surface area contributed by atoms with Crippen molar-refractivity contribution in [3.63, 3.8) is 0 Å². The summed E-state index contributed by atoms with van der Waals surface area (Å²) in [6.45, 7) is 0.701. The minimum atomic E-state index is -0.565. The third-order valence-electron chi connectivity index (χ3n) is 4.60. The smallest absolute Gasteiger partial charge is 0.322 e. The van der Waals surface area contributed by atoms with Crippen molar-refractivity contribution in [1.29, 1.82) is 0 Å². The van der Waals surface area contributed by atoms with E-state index in [1.165, 1.54) is 0 Å². The minimum Gasteiger partial charge on any atom is -0.388 e.